The highest BCUT2D eigenvalue weighted by atomic mass is 32.2. The van der Waals surface area contributed by atoms with E-state index in [9.17, 15) is 9.59 Å². The first-order chi connectivity index (χ1) is 8.13. The van der Waals surface area contributed by atoms with Gasteiger partial charge in [0.1, 0.15) is 5.78 Å². The van der Waals surface area contributed by atoms with Crippen molar-refractivity contribution >= 4 is 17.5 Å². The van der Waals surface area contributed by atoms with E-state index in [1.54, 1.807) is 4.57 Å². The molecule has 0 aliphatic heterocycles. The van der Waals surface area contributed by atoms with Crippen molar-refractivity contribution in [2.45, 2.75) is 44.3 Å². The number of hydrogen-bond acceptors (Lipinski definition) is 4. The maximum Gasteiger partial charge on any atom is 0.344 e. The number of hydrogen-bond donors (Lipinski definition) is 1. The van der Waals surface area contributed by atoms with Gasteiger partial charge in [0.2, 0.25) is 0 Å². The predicted octanol–water partition coefficient (Wildman–Crippen LogP) is 1.61. The summed E-state index contributed by atoms with van der Waals surface area (Å²) in [5.74, 6) is 0.698. The van der Waals surface area contributed by atoms with Gasteiger partial charge in [-0.2, -0.15) is 0 Å². The standard InChI is InChI=1S/C11H17N3O2S/c1-3-7(2)9(15)6-17-11-13-12-10(16)14(11)8-4-5-8/h7-8H,3-6H2,1-2H3,(H,12,16). The molecule has 17 heavy (non-hydrogen) atoms. The van der Waals surface area contributed by atoms with Crippen LogP contribution in [0, 0.1) is 5.92 Å². The highest BCUT2D eigenvalue weighted by Crippen LogP contribution is 2.36. The summed E-state index contributed by atoms with van der Waals surface area (Å²) in [6.45, 7) is 3.93. The summed E-state index contributed by atoms with van der Waals surface area (Å²) in [7, 11) is 0. The van der Waals surface area contributed by atoms with Crippen LogP contribution in [0.1, 0.15) is 39.2 Å². The summed E-state index contributed by atoms with van der Waals surface area (Å²) in [5, 5.41) is 7.07. The maximum atomic E-state index is 11.7. The third kappa shape index (κ3) is 2.80. The summed E-state index contributed by atoms with van der Waals surface area (Å²) in [6, 6.07) is 0.294. The van der Waals surface area contributed by atoms with Crippen LogP contribution in [0.25, 0.3) is 0 Å². The first-order valence-corrected chi connectivity index (χ1v) is 6.94. The van der Waals surface area contributed by atoms with Gasteiger partial charge in [-0.1, -0.05) is 25.6 Å². The minimum atomic E-state index is -0.161. The molecule has 0 saturated heterocycles. The van der Waals surface area contributed by atoms with Crippen molar-refractivity contribution in [3.05, 3.63) is 10.5 Å². The Morgan fingerprint density at radius 2 is 2.35 bits per heavy atom. The third-order valence-corrected chi connectivity index (χ3v) is 4.06. The highest BCUT2D eigenvalue weighted by molar-refractivity contribution is 7.99. The topological polar surface area (TPSA) is 67.8 Å². The zero-order valence-electron chi connectivity index (χ0n) is 10.1. The average molecular weight is 255 g/mol. The Kier molecular flexibility index (Phi) is 3.71. The minimum absolute atomic E-state index is 0.0857. The molecule has 1 aliphatic rings. The number of nitrogens with zero attached hydrogens (tertiary/aromatic N) is 2. The molecule has 0 radical (unpaired) electrons. The fraction of sp³-hybridized carbons (Fsp3) is 0.727. The zero-order chi connectivity index (χ0) is 12.4. The van der Waals surface area contributed by atoms with Crippen molar-refractivity contribution in [2.24, 2.45) is 5.92 Å². The van der Waals surface area contributed by atoms with Gasteiger partial charge in [-0.05, 0) is 19.3 Å². The molecule has 2 rings (SSSR count). The number of carbonyl (C=O) groups is 1. The number of thioether (sulfide) groups is 1. The number of aromatic amines is 1. The monoisotopic (exact) mass is 255 g/mol. The van der Waals surface area contributed by atoms with Gasteiger partial charge in [-0.3, -0.25) is 9.36 Å². The normalized spacial score (nSPS) is 17.1. The molecule has 1 heterocycles. The van der Waals surface area contributed by atoms with E-state index in [1.807, 2.05) is 13.8 Å². The average Bonchev–Trinajstić information content (AvgIpc) is 3.09. The molecule has 0 amide bonds. The fourth-order valence-electron chi connectivity index (χ4n) is 1.55. The van der Waals surface area contributed by atoms with Crippen LogP contribution in [0.3, 0.4) is 0 Å². The van der Waals surface area contributed by atoms with E-state index in [0.29, 0.717) is 17.0 Å². The molecule has 94 valence electrons. The molecule has 6 heteroatoms. The lowest BCUT2D eigenvalue weighted by molar-refractivity contribution is -0.119. The lowest BCUT2D eigenvalue weighted by Crippen LogP contribution is -2.17. The van der Waals surface area contributed by atoms with Gasteiger partial charge in [0.15, 0.2) is 5.16 Å². The number of rotatable bonds is 6. The van der Waals surface area contributed by atoms with Crippen molar-refractivity contribution in [2.75, 3.05) is 5.75 Å². The Morgan fingerprint density at radius 1 is 1.65 bits per heavy atom. The Bertz CT molecular complexity index is 462. The van der Waals surface area contributed by atoms with Crippen LogP contribution in [-0.2, 0) is 4.79 Å². The van der Waals surface area contributed by atoms with Crippen LogP contribution in [0.4, 0.5) is 0 Å². The highest BCUT2D eigenvalue weighted by Gasteiger charge is 2.28. The molecule has 1 saturated carbocycles. The number of carbonyl (C=O) groups excluding carboxylic acids is 1. The van der Waals surface area contributed by atoms with E-state index < -0.39 is 0 Å². The van der Waals surface area contributed by atoms with E-state index in [4.69, 9.17) is 0 Å². The first-order valence-electron chi connectivity index (χ1n) is 5.96. The molecule has 0 aromatic carbocycles. The number of Topliss-reactive ketones (excluding diaryl/α,β-unsaturated/α-hetero) is 1. The summed E-state index contributed by atoms with van der Waals surface area (Å²) in [5.41, 5.74) is -0.161. The van der Waals surface area contributed by atoms with Crippen LogP contribution in [0.5, 0.6) is 0 Å². The van der Waals surface area contributed by atoms with Gasteiger partial charge in [0.05, 0.1) is 5.75 Å². The number of aromatic nitrogens is 3. The van der Waals surface area contributed by atoms with Gasteiger partial charge >= 0.3 is 5.69 Å². The smallest absolute Gasteiger partial charge is 0.298 e. The lowest BCUT2D eigenvalue weighted by Gasteiger charge is -2.06. The predicted molar refractivity (Wildman–Crippen MR) is 66.3 cm³/mol. The van der Waals surface area contributed by atoms with Gasteiger partial charge in [0.25, 0.3) is 0 Å². The summed E-state index contributed by atoms with van der Waals surface area (Å²) in [4.78, 5) is 23.2. The van der Waals surface area contributed by atoms with E-state index in [1.165, 1.54) is 11.8 Å². The summed E-state index contributed by atoms with van der Waals surface area (Å²) >= 11 is 1.36. The molecule has 1 aromatic rings. The molecule has 5 nitrogen and oxygen atoms in total. The van der Waals surface area contributed by atoms with Crippen LogP contribution < -0.4 is 5.69 Å². The molecule has 0 bridgehead atoms. The van der Waals surface area contributed by atoms with Crippen molar-refractivity contribution < 1.29 is 4.79 Å². The van der Waals surface area contributed by atoms with Crippen LogP contribution in [0.15, 0.2) is 9.95 Å². The van der Waals surface area contributed by atoms with Crippen molar-refractivity contribution in [3.8, 4) is 0 Å². The molecule has 1 aromatic heterocycles. The zero-order valence-corrected chi connectivity index (χ0v) is 10.9. The second-order valence-electron chi connectivity index (χ2n) is 4.48. The largest absolute Gasteiger partial charge is 0.344 e. The van der Waals surface area contributed by atoms with E-state index >= 15 is 0 Å². The number of nitrogens with one attached hydrogen (secondary N) is 1. The Labute approximate surface area is 104 Å². The molecule has 1 N–H and O–H groups in total. The molecule has 0 spiro atoms. The number of ketones is 1. The molecule has 1 atom stereocenters. The van der Waals surface area contributed by atoms with Crippen molar-refractivity contribution in [1.82, 2.24) is 14.8 Å². The van der Waals surface area contributed by atoms with Gasteiger partial charge in [-0.25, -0.2) is 9.89 Å². The molecule has 1 fully saturated rings. The van der Waals surface area contributed by atoms with E-state index in [2.05, 4.69) is 10.2 Å². The van der Waals surface area contributed by atoms with Crippen LogP contribution in [-0.4, -0.2) is 26.3 Å². The third-order valence-electron chi connectivity index (χ3n) is 3.09. The minimum Gasteiger partial charge on any atom is -0.298 e. The Hall–Kier alpha value is -1.04. The van der Waals surface area contributed by atoms with Gasteiger partial charge in [-0.15, -0.1) is 5.10 Å². The van der Waals surface area contributed by atoms with E-state index in [-0.39, 0.29) is 17.4 Å². The van der Waals surface area contributed by atoms with Crippen LogP contribution >= 0.6 is 11.8 Å². The first kappa shape index (κ1) is 12.4. The molecular formula is C11H17N3O2S. The lowest BCUT2D eigenvalue weighted by atomic mass is 10.1. The Morgan fingerprint density at radius 3 is 2.94 bits per heavy atom. The summed E-state index contributed by atoms with van der Waals surface area (Å²) < 4.78 is 1.68. The molecule has 1 unspecified atom stereocenters. The second kappa shape index (κ2) is 5.08. The van der Waals surface area contributed by atoms with Gasteiger partial charge in [0, 0.05) is 12.0 Å². The van der Waals surface area contributed by atoms with Crippen molar-refractivity contribution in [1.29, 1.82) is 0 Å². The maximum absolute atomic E-state index is 11.7. The quantitative estimate of drug-likeness (QED) is 0.784. The van der Waals surface area contributed by atoms with Crippen LogP contribution in [0.2, 0.25) is 0 Å². The fourth-order valence-corrected chi connectivity index (χ4v) is 2.59. The summed E-state index contributed by atoms with van der Waals surface area (Å²) in [6.07, 6.45) is 2.92. The van der Waals surface area contributed by atoms with E-state index in [0.717, 1.165) is 19.3 Å². The SMILES string of the molecule is CCC(C)C(=O)CSc1n[nH]c(=O)n1C1CC1. The number of H-pyrrole nitrogens is 1. The molecular weight excluding hydrogens is 238 g/mol. The molecule has 1 aliphatic carbocycles. The van der Waals surface area contributed by atoms with Crippen molar-refractivity contribution in [3.63, 3.8) is 0 Å². The van der Waals surface area contributed by atoms with Gasteiger partial charge < -0.3 is 0 Å². The Balaban J connectivity index is 1.99. The second-order valence-corrected chi connectivity index (χ2v) is 5.42.